The topological polar surface area (TPSA) is 64.1 Å². The summed E-state index contributed by atoms with van der Waals surface area (Å²) in [5.41, 5.74) is 0.664. The van der Waals surface area contributed by atoms with Gasteiger partial charge in [-0.25, -0.2) is 9.18 Å². The van der Waals surface area contributed by atoms with Crippen LogP contribution in [0.15, 0.2) is 30.3 Å². The fourth-order valence-electron chi connectivity index (χ4n) is 1.33. The van der Waals surface area contributed by atoms with Crippen molar-refractivity contribution in [2.75, 3.05) is 12.4 Å². The molecule has 1 heterocycles. The Balaban J connectivity index is 2.15. The molecule has 98 valence electrons. The molecule has 1 aromatic heterocycles. The number of aromatic nitrogens is 2. The summed E-state index contributed by atoms with van der Waals surface area (Å²) in [7, 11) is 1.26. The van der Waals surface area contributed by atoms with Crippen LogP contribution >= 0.6 is 11.6 Å². The number of benzene rings is 1. The summed E-state index contributed by atoms with van der Waals surface area (Å²) in [6, 6.07) is 7.19. The molecule has 1 N–H and O–H groups in total. The number of halogens is 2. The molecule has 0 aliphatic rings. The van der Waals surface area contributed by atoms with Gasteiger partial charge >= 0.3 is 5.97 Å². The molecule has 0 saturated heterocycles. The van der Waals surface area contributed by atoms with Gasteiger partial charge in [0.2, 0.25) is 0 Å². The number of rotatable bonds is 3. The fraction of sp³-hybridized carbons (Fsp3) is 0.0833. The van der Waals surface area contributed by atoms with E-state index in [4.69, 9.17) is 11.6 Å². The molecule has 7 heteroatoms. The number of hydrogen-bond donors (Lipinski definition) is 1. The number of hydrogen-bond acceptors (Lipinski definition) is 5. The van der Waals surface area contributed by atoms with Crippen LogP contribution in [0.5, 0.6) is 0 Å². The Hall–Kier alpha value is -2.21. The third-order valence-electron chi connectivity index (χ3n) is 2.25. The molecule has 19 heavy (non-hydrogen) atoms. The van der Waals surface area contributed by atoms with Gasteiger partial charge in [-0.1, -0.05) is 11.6 Å². The Bertz CT molecular complexity index is 604. The minimum Gasteiger partial charge on any atom is -0.464 e. The predicted molar refractivity (Wildman–Crippen MR) is 68.1 cm³/mol. The number of carbonyl (C=O) groups is 1. The van der Waals surface area contributed by atoms with Crippen LogP contribution in [0.1, 0.15) is 10.5 Å². The van der Waals surface area contributed by atoms with Crippen molar-refractivity contribution in [3.63, 3.8) is 0 Å². The van der Waals surface area contributed by atoms with Gasteiger partial charge in [0.05, 0.1) is 12.1 Å². The molecule has 0 atom stereocenters. The highest BCUT2D eigenvalue weighted by molar-refractivity contribution is 6.31. The zero-order valence-electron chi connectivity index (χ0n) is 9.85. The first-order valence-corrected chi connectivity index (χ1v) is 5.62. The van der Waals surface area contributed by atoms with Gasteiger partial charge in [-0.2, -0.15) is 0 Å². The first-order chi connectivity index (χ1) is 9.10. The van der Waals surface area contributed by atoms with E-state index in [0.29, 0.717) is 11.5 Å². The number of carbonyl (C=O) groups excluding carboxylic acids is 1. The maximum absolute atomic E-state index is 13.0. The summed E-state index contributed by atoms with van der Waals surface area (Å²) in [6.45, 7) is 0. The monoisotopic (exact) mass is 281 g/mol. The van der Waals surface area contributed by atoms with E-state index < -0.39 is 11.8 Å². The molecule has 0 amide bonds. The van der Waals surface area contributed by atoms with Crippen molar-refractivity contribution in [2.45, 2.75) is 0 Å². The van der Waals surface area contributed by atoms with E-state index in [9.17, 15) is 9.18 Å². The maximum atomic E-state index is 13.0. The molecule has 0 bridgehead atoms. The average Bonchev–Trinajstić information content (AvgIpc) is 2.43. The second-order valence-corrected chi connectivity index (χ2v) is 3.96. The number of nitrogens with zero attached hydrogens (tertiary/aromatic N) is 2. The number of esters is 1. The summed E-state index contributed by atoms with van der Waals surface area (Å²) in [5.74, 6) is -0.668. The van der Waals surface area contributed by atoms with Crippen LogP contribution in [0, 0.1) is 5.82 Å². The van der Waals surface area contributed by atoms with E-state index >= 15 is 0 Å². The van der Waals surface area contributed by atoms with Crippen molar-refractivity contribution in [1.29, 1.82) is 0 Å². The van der Waals surface area contributed by atoms with Gasteiger partial charge < -0.3 is 10.1 Å². The molecule has 0 fully saturated rings. The van der Waals surface area contributed by atoms with E-state index in [1.165, 1.54) is 31.4 Å². The molecule has 2 rings (SSSR count). The fourth-order valence-corrected chi connectivity index (χ4v) is 1.51. The Labute approximate surface area is 113 Å². The molecule has 0 saturated carbocycles. The van der Waals surface area contributed by atoms with E-state index in [0.717, 1.165) is 0 Å². The molecular weight excluding hydrogens is 273 g/mol. The Morgan fingerprint density at radius 3 is 2.68 bits per heavy atom. The predicted octanol–water partition coefficient (Wildman–Crippen LogP) is 2.80. The summed E-state index contributed by atoms with van der Waals surface area (Å²) >= 11 is 5.65. The van der Waals surface area contributed by atoms with E-state index in [1.54, 1.807) is 6.07 Å². The first kappa shape index (κ1) is 13.2. The van der Waals surface area contributed by atoms with Gasteiger partial charge in [0, 0.05) is 5.69 Å². The van der Waals surface area contributed by atoms with Crippen molar-refractivity contribution in [1.82, 2.24) is 10.2 Å². The smallest absolute Gasteiger partial charge is 0.358 e. The summed E-state index contributed by atoms with van der Waals surface area (Å²) in [6.07, 6.45) is 0. The van der Waals surface area contributed by atoms with Crippen LogP contribution in [0.25, 0.3) is 0 Å². The Morgan fingerprint density at radius 1 is 1.32 bits per heavy atom. The van der Waals surface area contributed by atoms with E-state index in [1.807, 2.05) is 0 Å². The summed E-state index contributed by atoms with van der Waals surface area (Å²) in [4.78, 5) is 11.2. The zero-order chi connectivity index (χ0) is 13.8. The molecular formula is C12H9ClFN3O2. The highest BCUT2D eigenvalue weighted by atomic mass is 35.5. The molecule has 0 aliphatic heterocycles. The normalized spacial score (nSPS) is 10.1. The average molecular weight is 282 g/mol. The Morgan fingerprint density at radius 2 is 2.11 bits per heavy atom. The summed E-state index contributed by atoms with van der Waals surface area (Å²) < 4.78 is 17.5. The van der Waals surface area contributed by atoms with Crippen LogP contribution < -0.4 is 5.32 Å². The van der Waals surface area contributed by atoms with Gasteiger partial charge in [-0.05, 0) is 30.3 Å². The van der Waals surface area contributed by atoms with Crippen molar-refractivity contribution >= 4 is 29.1 Å². The first-order valence-electron chi connectivity index (χ1n) is 5.24. The van der Waals surface area contributed by atoms with Gasteiger partial charge in [-0.3, -0.25) is 0 Å². The number of anilines is 2. The third-order valence-corrected chi connectivity index (χ3v) is 2.54. The van der Waals surface area contributed by atoms with Crippen LogP contribution in [0.2, 0.25) is 5.02 Å². The molecule has 2 aromatic rings. The highest BCUT2D eigenvalue weighted by Crippen LogP contribution is 2.21. The van der Waals surface area contributed by atoms with Gasteiger partial charge in [0.25, 0.3) is 0 Å². The quantitative estimate of drug-likeness (QED) is 0.877. The second kappa shape index (κ2) is 5.62. The minimum atomic E-state index is -0.566. The van der Waals surface area contributed by atoms with Crippen molar-refractivity contribution in [3.05, 3.63) is 46.9 Å². The molecule has 5 nitrogen and oxygen atoms in total. The lowest BCUT2D eigenvalue weighted by atomic mass is 10.3. The molecule has 0 spiro atoms. The van der Waals surface area contributed by atoms with E-state index in [-0.39, 0.29) is 10.7 Å². The molecule has 0 unspecified atom stereocenters. The minimum absolute atomic E-state index is 0.00383. The lowest BCUT2D eigenvalue weighted by Crippen LogP contribution is -2.06. The second-order valence-electron chi connectivity index (χ2n) is 3.55. The Kier molecular flexibility index (Phi) is 3.91. The van der Waals surface area contributed by atoms with Crippen molar-refractivity contribution in [2.24, 2.45) is 0 Å². The molecule has 1 aromatic carbocycles. The number of ether oxygens (including phenoxy) is 1. The van der Waals surface area contributed by atoms with Crippen LogP contribution in [0.4, 0.5) is 15.9 Å². The SMILES string of the molecule is COC(=O)c1ccc(Nc2ccc(F)c(Cl)c2)nn1. The van der Waals surface area contributed by atoms with Gasteiger partial charge in [-0.15, -0.1) is 10.2 Å². The third kappa shape index (κ3) is 3.17. The van der Waals surface area contributed by atoms with Crippen molar-refractivity contribution < 1.29 is 13.9 Å². The number of nitrogens with one attached hydrogen (secondary N) is 1. The lowest BCUT2D eigenvalue weighted by Gasteiger charge is -2.06. The number of methoxy groups -OCH3 is 1. The van der Waals surface area contributed by atoms with Crippen LogP contribution in [-0.4, -0.2) is 23.3 Å². The van der Waals surface area contributed by atoms with Gasteiger partial charge in [0.15, 0.2) is 11.5 Å². The largest absolute Gasteiger partial charge is 0.464 e. The van der Waals surface area contributed by atoms with Crippen LogP contribution in [0.3, 0.4) is 0 Å². The maximum Gasteiger partial charge on any atom is 0.358 e. The summed E-state index contributed by atoms with van der Waals surface area (Å²) in [5, 5.41) is 10.4. The lowest BCUT2D eigenvalue weighted by molar-refractivity contribution is 0.0593. The highest BCUT2D eigenvalue weighted by Gasteiger charge is 2.08. The molecule has 0 radical (unpaired) electrons. The molecule has 0 aliphatic carbocycles. The van der Waals surface area contributed by atoms with E-state index in [2.05, 4.69) is 20.3 Å². The van der Waals surface area contributed by atoms with Crippen LogP contribution in [-0.2, 0) is 4.74 Å². The standard InChI is InChI=1S/C12H9ClFN3O2/c1-19-12(18)10-4-5-11(17-16-10)15-7-2-3-9(14)8(13)6-7/h2-6H,1H3,(H,15,17). The zero-order valence-corrected chi connectivity index (χ0v) is 10.6. The van der Waals surface area contributed by atoms with Gasteiger partial charge in [0.1, 0.15) is 5.82 Å². The van der Waals surface area contributed by atoms with Crippen molar-refractivity contribution in [3.8, 4) is 0 Å².